The number of para-hydroxylation sites is 2. The molecule has 0 aliphatic heterocycles. The van der Waals surface area contributed by atoms with E-state index in [0.717, 1.165) is 16.4 Å². The summed E-state index contributed by atoms with van der Waals surface area (Å²) in [5.74, 6) is -3.11. The second kappa shape index (κ2) is 9.38. The molecule has 1 aromatic heterocycles. The van der Waals surface area contributed by atoms with Crippen molar-refractivity contribution in [3.8, 4) is 0 Å². The molecule has 3 N–H and O–H groups in total. The number of hydrogen-bond donors (Lipinski definition) is 3. The summed E-state index contributed by atoms with van der Waals surface area (Å²) in [5.41, 5.74) is 1.23. The summed E-state index contributed by atoms with van der Waals surface area (Å²) in [6.07, 6.45) is 2.53. The lowest BCUT2D eigenvalue weighted by atomic mass is 9.76. The molecule has 0 saturated carbocycles. The Morgan fingerprint density at radius 1 is 1.20 bits per heavy atom. The fourth-order valence-electron chi connectivity index (χ4n) is 3.12. The van der Waals surface area contributed by atoms with Crippen LogP contribution in [-0.4, -0.2) is 41.5 Å². The van der Waals surface area contributed by atoms with Crippen LogP contribution in [0.2, 0.25) is 0 Å². The van der Waals surface area contributed by atoms with Crippen molar-refractivity contribution in [3.63, 3.8) is 0 Å². The summed E-state index contributed by atoms with van der Waals surface area (Å²) >= 11 is 0. The van der Waals surface area contributed by atoms with E-state index in [1.54, 1.807) is 6.07 Å². The van der Waals surface area contributed by atoms with Gasteiger partial charge >= 0.3 is 7.12 Å². The Morgan fingerprint density at radius 2 is 1.90 bits per heavy atom. The first-order valence-corrected chi connectivity index (χ1v) is 9.19. The number of nitrogens with one attached hydrogen (secondary N) is 1. The molecule has 3 rings (SSSR count). The highest BCUT2D eigenvalue weighted by Crippen LogP contribution is 2.22. The van der Waals surface area contributed by atoms with Gasteiger partial charge in [0.2, 0.25) is 5.91 Å². The van der Waals surface area contributed by atoms with Crippen LogP contribution in [0.15, 0.2) is 71.9 Å². The summed E-state index contributed by atoms with van der Waals surface area (Å²) in [6.45, 7) is 2.85. The Bertz CT molecular complexity index is 1070. The number of benzene rings is 2. The first kappa shape index (κ1) is 21.3. The number of carbonyl (C=O) groups is 2. The molecule has 0 aliphatic carbocycles. The first-order chi connectivity index (χ1) is 14.4. The SMILES string of the molecule is C=CC(=O)N(CC(=O)NC(Cc1coc2ccccc12)B(O)O)c1ccccc1F. The second-order valence-electron chi connectivity index (χ2n) is 6.63. The zero-order chi connectivity index (χ0) is 21.7. The van der Waals surface area contributed by atoms with Gasteiger partial charge in [-0.15, -0.1) is 0 Å². The van der Waals surface area contributed by atoms with Crippen LogP contribution >= 0.6 is 0 Å². The average molecular weight is 410 g/mol. The Kier molecular flexibility index (Phi) is 6.66. The van der Waals surface area contributed by atoms with Gasteiger partial charge < -0.3 is 19.8 Å². The number of amides is 2. The smallest absolute Gasteiger partial charge is 0.464 e. The van der Waals surface area contributed by atoms with Crippen LogP contribution in [0.5, 0.6) is 0 Å². The molecule has 154 valence electrons. The van der Waals surface area contributed by atoms with Crippen LogP contribution in [0.4, 0.5) is 10.1 Å². The van der Waals surface area contributed by atoms with Crippen molar-refractivity contribution in [2.24, 2.45) is 0 Å². The Labute approximate surface area is 172 Å². The van der Waals surface area contributed by atoms with Crippen molar-refractivity contribution in [1.82, 2.24) is 5.32 Å². The van der Waals surface area contributed by atoms with Crippen LogP contribution in [0, 0.1) is 5.82 Å². The predicted molar refractivity (Wildman–Crippen MR) is 111 cm³/mol. The molecule has 0 saturated heterocycles. The zero-order valence-electron chi connectivity index (χ0n) is 16.0. The van der Waals surface area contributed by atoms with Crippen molar-refractivity contribution >= 4 is 35.6 Å². The number of fused-ring (bicyclic) bond motifs is 1. The number of furan rings is 1. The van der Waals surface area contributed by atoms with Crippen molar-refractivity contribution < 1.29 is 28.4 Å². The Hall–Kier alpha value is -3.43. The standard InChI is InChI=1S/C21H20BFN2O5/c1-2-21(27)25(17-9-5-4-8-16(17)23)12-20(26)24-19(22(28)29)11-14-13-30-18-10-6-3-7-15(14)18/h2-10,13,19,28-29H,1,11-12H2,(H,24,26). The largest absolute Gasteiger partial charge is 0.475 e. The Morgan fingerprint density at radius 3 is 2.60 bits per heavy atom. The van der Waals surface area contributed by atoms with E-state index in [2.05, 4.69) is 11.9 Å². The lowest BCUT2D eigenvalue weighted by Gasteiger charge is -2.23. The molecular weight excluding hydrogens is 390 g/mol. The van der Waals surface area contributed by atoms with E-state index < -0.39 is 37.2 Å². The van der Waals surface area contributed by atoms with E-state index in [9.17, 15) is 24.0 Å². The van der Waals surface area contributed by atoms with E-state index in [0.29, 0.717) is 11.1 Å². The van der Waals surface area contributed by atoms with Crippen LogP contribution in [-0.2, 0) is 16.0 Å². The molecule has 2 amide bonds. The van der Waals surface area contributed by atoms with Gasteiger partial charge in [0.15, 0.2) is 0 Å². The lowest BCUT2D eigenvalue weighted by Crippen LogP contribution is -2.51. The minimum absolute atomic E-state index is 0.0789. The number of nitrogens with zero attached hydrogens (tertiary/aromatic N) is 1. The molecule has 1 atom stereocenters. The van der Waals surface area contributed by atoms with Crippen molar-refractivity contribution in [3.05, 3.63) is 78.8 Å². The minimum Gasteiger partial charge on any atom is -0.464 e. The summed E-state index contributed by atoms with van der Waals surface area (Å²) in [6, 6.07) is 12.7. The number of carbonyl (C=O) groups excluding carboxylic acids is 2. The normalized spacial score (nSPS) is 11.7. The Balaban J connectivity index is 1.76. The molecule has 0 fully saturated rings. The van der Waals surface area contributed by atoms with Gasteiger partial charge in [0, 0.05) is 5.39 Å². The fourth-order valence-corrected chi connectivity index (χ4v) is 3.12. The third kappa shape index (κ3) is 4.76. The average Bonchev–Trinajstić information content (AvgIpc) is 3.14. The van der Waals surface area contributed by atoms with Gasteiger partial charge in [0.1, 0.15) is 17.9 Å². The zero-order valence-corrected chi connectivity index (χ0v) is 16.0. The van der Waals surface area contributed by atoms with Gasteiger partial charge in [0.25, 0.3) is 5.91 Å². The van der Waals surface area contributed by atoms with E-state index >= 15 is 0 Å². The molecule has 3 aromatic rings. The number of anilines is 1. The lowest BCUT2D eigenvalue weighted by molar-refractivity contribution is -0.122. The molecular formula is C21H20BFN2O5. The third-order valence-electron chi connectivity index (χ3n) is 4.59. The van der Waals surface area contributed by atoms with Gasteiger partial charge in [-0.05, 0) is 36.3 Å². The van der Waals surface area contributed by atoms with Gasteiger partial charge in [-0.2, -0.15) is 0 Å². The molecule has 2 aromatic carbocycles. The van der Waals surface area contributed by atoms with Crippen molar-refractivity contribution in [2.75, 3.05) is 11.4 Å². The maximum Gasteiger partial charge on any atom is 0.475 e. The van der Waals surface area contributed by atoms with Crippen LogP contribution in [0.25, 0.3) is 11.0 Å². The highest BCUT2D eigenvalue weighted by molar-refractivity contribution is 6.43. The third-order valence-corrected chi connectivity index (χ3v) is 4.59. The summed E-state index contributed by atoms with van der Waals surface area (Å²) in [4.78, 5) is 25.7. The highest BCUT2D eigenvalue weighted by Gasteiger charge is 2.28. The molecule has 30 heavy (non-hydrogen) atoms. The van der Waals surface area contributed by atoms with Crippen molar-refractivity contribution in [2.45, 2.75) is 12.4 Å². The van der Waals surface area contributed by atoms with Crippen LogP contribution in [0.1, 0.15) is 5.56 Å². The summed E-state index contributed by atoms with van der Waals surface area (Å²) in [5, 5.41) is 22.7. The highest BCUT2D eigenvalue weighted by atomic mass is 19.1. The topological polar surface area (TPSA) is 103 Å². The number of hydrogen-bond acceptors (Lipinski definition) is 5. The van der Waals surface area contributed by atoms with Gasteiger partial charge in [-0.3, -0.25) is 14.5 Å². The number of rotatable bonds is 8. The minimum atomic E-state index is -1.86. The second-order valence-corrected chi connectivity index (χ2v) is 6.63. The molecule has 0 radical (unpaired) electrons. The quantitative estimate of drug-likeness (QED) is 0.389. The molecule has 0 aliphatic rings. The number of halogens is 1. The maximum atomic E-state index is 14.1. The molecule has 7 nitrogen and oxygen atoms in total. The van der Waals surface area contributed by atoms with Gasteiger partial charge in [0.05, 0.1) is 17.9 Å². The van der Waals surface area contributed by atoms with Crippen LogP contribution in [0.3, 0.4) is 0 Å². The van der Waals surface area contributed by atoms with E-state index in [1.165, 1.54) is 30.5 Å². The molecule has 1 heterocycles. The first-order valence-electron chi connectivity index (χ1n) is 9.19. The monoisotopic (exact) mass is 410 g/mol. The van der Waals surface area contributed by atoms with E-state index in [-0.39, 0.29) is 12.1 Å². The fraction of sp³-hybridized carbons (Fsp3) is 0.143. The predicted octanol–water partition coefficient (Wildman–Crippen LogP) is 1.83. The summed E-state index contributed by atoms with van der Waals surface area (Å²) < 4.78 is 19.6. The maximum absolute atomic E-state index is 14.1. The molecule has 1 unspecified atom stereocenters. The van der Waals surface area contributed by atoms with Gasteiger partial charge in [-0.25, -0.2) is 4.39 Å². The molecule has 0 bridgehead atoms. The van der Waals surface area contributed by atoms with E-state index in [1.807, 2.05) is 18.2 Å². The van der Waals surface area contributed by atoms with Gasteiger partial charge in [-0.1, -0.05) is 36.9 Å². The van der Waals surface area contributed by atoms with Crippen molar-refractivity contribution in [1.29, 1.82) is 0 Å². The molecule has 9 heteroatoms. The molecule has 0 spiro atoms. The van der Waals surface area contributed by atoms with Crippen LogP contribution < -0.4 is 10.2 Å². The van der Waals surface area contributed by atoms with E-state index in [4.69, 9.17) is 4.42 Å². The summed E-state index contributed by atoms with van der Waals surface area (Å²) in [7, 11) is -1.86.